The quantitative estimate of drug-likeness (QED) is 0.131. The molecule has 0 aliphatic heterocycles. The van der Waals surface area contributed by atoms with Gasteiger partial charge in [0.2, 0.25) is 0 Å². The highest BCUT2D eigenvalue weighted by Crippen LogP contribution is 2.18. The maximum atomic E-state index is 11.9. The smallest absolute Gasteiger partial charge is 0.333 e. The van der Waals surface area contributed by atoms with Crippen molar-refractivity contribution < 1.29 is 9.53 Å². The van der Waals surface area contributed by atoms with Crippen LogP contribution in [0.25, 0.3) is 0 Å². The minimum Gasteiger partial charge on any atom is -0.459 e. The van der Waals surface area contributed by atoms with E-state index in [0.29, 0.717) is 5.57 Å². The zero-order chi connectivity index (χ0) is 19.5. The minimum atomic E-state index is -0.211. The molecule has 1 unspecified atom stereocenters. The first-order valence-corrected chi connectivity index (χ1v) is 11.5. The summed E-state index contributed by atoms with van der Waals surface area (Å²) in [6.07, 6.45) is 21.8. The van der Waals surface area contributed by atoms with E-state index in [0.717, 1.165) is 12.8 Å². The third-order valence-electron chi connectivity index (χ3n) is 5.13. The Balaban J connectivity index is 3.88. The van der Waals surface area contributed by atoms with Crippen molar-refractivity contribution in [2.24, 2.45) is 0 Å². The lowest BCUT2D eigenvalue weighted by Gasteiger charge is -2.18. The Kier molecular flexibility index (Phi) is 18.4. The molecule has 0 aromatic rings. The van der Waals surface area contributed by atoms with Crippen molar-refractivity contribution in [3.05, 3.63) is 12.2 Å². The Morgan fingerprint density at radius 1 is 0.692 bits per heavy atom. The number of hydrogen-bond donors (Lipinski definition) is 0. The summed E-state index contributed by atoms with van der Waals surface area (Å²) < 4.78 is 5.68. The largest absolute Gasteiger partial charge is 0.459 e. The number of rotatable bonds is 19. The Morgan fingerprint density at radius 3 is 1.38 bits per heavy atom. The summed E-state index contributed by atoms with van der Waals surface area (Å²) in [6, 6.07) is 0. The number of esters is 1. The molecule has 0 heterocycles. The molecule has 0 amide bonds. The van der Waals surface area contributed by atoms with Crippen molar-refractivity contribution in [1.82, 2.24) is 0 Å². The molecule has 0 radical (unpaired) electrons. The van der Waals surface area contributed by atoms with Crippen molar-refractivity contribution in [3.63, 3.8) is 0 Å². The third-order valence-corrected chi connectivity index (χ3v) is 5.13. The van der Waals surface area contributed by atoms with Crippen LogP contribution in [0.15, 0.2) is 12.2 Å². The van der Waals surface area contributed by atoms with Crippen LogP contribution in [-0.4, -0.2) is 12.1 Å². The van der Waals surface area contributed by atoms with Crippen LogP contribution in [0.3, 0.4) is 0 Å². The molecule has 0 fully saturated rings. The van der Waals surface area contributed by atoms with Crippen molar-refractivity contribution in [1.29, 1.82) is 0 Å². The van der Waals surface area contributed by atoms with Crippen LogP contribution in [-0.2, 0) is 9.53 Å². The molecule has 0 aliphatic carbocycles. The van der Waals surface area contributed by atoms with Crippen molar-refractivity contribution in [2.75, 3.05) is 0 Å². The first-order chi connectivity index (χ1) is 12.6. The zero-order valence-electron chi connectivity index (χ0n) is 18.1. The molecule has 1 atom stereocenters. The van der Waals surface area contributed by atoms with Gasteiger partial charge in [0, 0.05) is 5.57 Å². The highest BCUT2D eigenvalue weighted by Gasteiger charge is 2.14. The Bertz CT molecular complexity index is 335. The predicted molar refractivity (Wildman–Crippen MR) is 115 cm³/mol. The number of carbonyl (C=O) groups excluding carboxylic acids is 1. The van der Waals surface area contributed by atoms with Gasteiger partial charge in [-0.2, -0.15) is 0 Å². The second kappa shape index (κ2) is 19.0. The lowest BCUT2D eigenvalue weighted by atomic mass is 10.0. The average Bonchev–Trinajstić information content (AvgIpc) is 2.62. The fraction of sp³-hybridized carbons (Fsp3) is 0.875. The fourth-order valence-electron chi connectivity index (χ4n) is 3.35. The third kappa shape index (κ3) is 16.7. The molecular weight excluding hydrogens is 320 g/mol. The number of ether oxygens (including phenoxy) is 1. The summed E-state index contributed by atoms with van der Waals surface area (Å²) in [6.45, 7) is 9.97. The van der Waals surface area contributed by atoms with E-state index in [1.807, 2.05) is 0 Å². The Morgan fingerprint density at radius 2 is 1.04 bits per heavy atom. The molecule has 0 saturated carbocycles. The van der Waals surface area contributed by atoms with Crippen molar-refractivity contribution >= 4 is 5.97 Å². The SMILES string of the molecule is C=C(C)C(=O)OC(CCCCCCCCC)CCCCCCCCCC. The molecule has 0 rings (SSSR count). The first kappa shape index (κ1) is 25.2. The molecule has 0 aromatic heterocycles. The molecule has 0 saturated heterocycles. The van der Waals surface area contributed by atoms with E-state index in [1.165, 1.54) is 96.3 Å². The van der Waals surface area contributed by atoms with Gasteiger partial charge in [0.05, 0.1) is 0 Å². The van der Waals surface area contributed by atoms with Crippen LogP contribution in [0, 0.1) is 0 Å². The van der Waals surface area contributed by atoms with Gasteiger partial charge in [-0.1, -0.05) is 104 Å². The van der Waals surface area contributed by atoms with E-state index in [-0.39, 0.29) is 12.1 Å². The first-order valence-electron chi connectivity index (χ1n) is 11.5. The van der Waals surface area contributed by atoms with Crippen LogP contribution in [0.1, 0.15) is 130 Å². The lowest BCUT2D eigenvalue weighted by Crippen LogP contribution is -2.18. The van der Waals surface area contributed by atoms with Gasteiger partial charge in [-0.25, -0.2) is 4.79 Å². The topological polar surface area (TPSA) is 26.3 Å². The predicted octanol–water partition coefficient (Wildman–Crippen LogP) is 8.15. The highest BCUT2D eigenvalue weighted by molar-refractivity contribution is 5.87. The maximum Gasteiger partial charge on any atom is 0.333 e. The summed E-state index contributed by atoms with van der Waals surface area (Å²) in [5.41, 5.74) is 0.519. The summed E-state index contributed by atoms with van der Waals surface area (Å²) in [7, 11) is 0. The minimum absolute atomic E-state index is 0.0925. The van der Waals surface area contributed by atoms with Crippen LogP contribution in [0.2, 0.25) is 0 Å². The molecule has 0 N–H and O–H groups in total. The molecule has 0 bridgehead atoms. The summed E-state index contributed by atoms with van der Waals surface area (Å²) in [4.78, 5) is 11.9. The Hall–Kier alpha value is -0.790. The number of carbonyl (C=O) groups is 1. The van der Waals surface area contributed by atoms with E-state index in [2.05, 4.69) is 20.4 Å². The van der Waals surface area contributed by atoms with Gasteiger partial charge in [0.15, 0.2) is 0 Å². The van der Waals surface area contributed by atoms with E-state index in [1.54, 1.807) is 6.92 Å². The van der Waals surface area contributed by atoms with Crippen LogP contribution >= 0.6 is 0 Å². The normalized spacial score (nSPS) is 12.1. The Labute approximate surface area is 164 Å². The second-order valence-corrected chi connectivity index (χ2v) is 7.98. The van der Waals surface area contributed by atoms with E-state index < -0.39 is 0 Å². The molecule has 26 heavy (non-hydrogen) atoms. The maximum absolute atomic E-state index is 11.9. The average molecular weight is 367 g/mol. The van der Waals surface area contributed by atoms with E-state index >= 15 is 0 Å². The molecule has 0 aromatic carbocycles. The molecular formula is C24H46O2. The van der Waals surface area contributed by atoms with Gasteiger partial charge in [0.25, 0.3) is 0 Å². The van der Waals surface area contributed by atoms with Gasteiger partial charge in [-0.05, 0) is 32.6 Å². The molecule has 0 aliphatic rings. The second-order valence-electron chi connectivity index (χ2n) is 7.98. The molecule has 0 spiro atoms. The van der Waals surface area contributed by atoms with E-state index in [4.69, 9.17) is 4.74 Å². The molecule has 2 nitrogen and oxygen atoms in total. The summed E-state index contributed by atoms with van der Waals surface area (Å²) >= 11 is 0. The van der Waals surface area contributed by atoms with Gasteiger partial charge in [-0.3, -0.25) is 0 Å². The van der Waals surface area contributed by atoms with Gasteiger partial charge < -0.3 is 4.74 Å². The number of unbranched alkanes of at least 4 members (excludes halogenated alkanes) is 13. The zero-order valence-corrected chi connectivity index (χ0v) is 18.1. The summed E-state index contributed by atoms with van der Waals surface area (Å²) in [5, 5.41) is 0. The molecule has 2 heteroatoms. The van der Waals surface area contributed by atoms with Crippen LogP contribution < -0.4 is 0 Å². The van der Waals surface area contributed by atoms with Gasteiger partial charge >= 0.3 is 5.97 Å². The van der Waals surface area contributed by atoms with Crippen LogP contribution in [0.4, 0.5) is 0 Å². The fourth-order valence-corrected chi connectivity index (χ4v) is 3.35. The standard InChI is InChI=1S/C24H46O2/c1-5-7-9-11-13-15-17-19-21-23(26-24(25)22(3)4)20-18-16-14-12-10-8-6-2/h23H,3,5-21H2,1-2,4H3. The molecule has 154 valence electrons. The van der Waals surface area contributed by atoms with Gasteiger partial charge in [0.1, 0.15) is 6.10 Å². The van der Waals surface area contributed by atoms with Crippen molar-refractivity contribution in [3.8, 4) is 0 Å². The van der Waals surface area contributed by atoms with Crippen LogP contribution in [0.5, 0.6) is 0 Å². The monoisotopic (exact) mass is 366 g/mol. The van der Waals surface area contributed by atoms with E-state index in [9.17, 15) is 4.79 Å². The highest BCUT2D eigenvalue weighted by atomic mass is 16.5. The lowest BCUT2D eigenvalue weighted by molar-refractivity contribution is -0.145. The summed E-state index contributed by atoms with van der Waals surface area (Å²) in [5.74, 6) is -0.211. The van der Waals surface area contributed by atoms with Crippen molar-refractivity contribution in [2.45, 2.75) is 136 Å². The number of hydrogen-bond acceptors (Lipinski definition) is 2. The van der Waals surface area contributed by atoms with Gasteiger partial charge in [-0.15, -0.1) is 0 Å².